The first-order valence-corrected chi connectivity index (χ1v) is 42.5. The van der Waals surface area contributed by atoms with Crippen LogP contribution in [0.1, 0.15) is 174 Å². The van der Waals surface area contributed by atoms with E-state index in [4.69, 9.17) is 78.6 Å². The summed E-state index contributed by atoms with van der Waals surface area (Å²) in [4.78, 5) is 57.2. The van der Waals surface area contributed by atoms with E-state index in [1.165, 1.54) is 50.0 Å². The van der Waals surface area contributed by atoms with Gasteiger partial charge in [-0.3, -0.25) is 14.7 Å². The third-order valence-corrected chi connectivity index (χ3v) is 25.1. The maximum absolute atomic E-state index is 14.4. The minimum absolute atomic E-state index is 0.0105. The molecule has 0 amide bonds. The standard InChI is InChI=1S/C33H30Cl2N2O5.C32H27Cl2FN2O5.C32H29FN2O6/c1-18-24(34)14-20(15-25(18)35)17-41-26-16-21(10-11-36-26)30(37-12-6-3-7-13-37)29-28-27(33(39)40)19(2)42-32(28)23-9-5-4-8-22(23)31(29)38;1-17-24(33)11-18(12-25(17)34)15-41-26-13-19(7-8-36-26)29(37-9-3-2-4-10-37)28-27-23(32(39)40)16-42-31(27)21-6-5-20(35)14-22(21)30(28)38;1-39-22-14-19(13-21(33)16-22)17-40-26-15-20(9-10-34-26)29(35-11-5-2-6-12-35)28-27-25(32(37)38)18-41-31(27)24-8-4-3-7-23(24)30(28)36/h4-5,8-11,14-16,30,38H,3,6-7,12-13,17H2,1-2H3,(H,39,40);5-8,11-14,16,29,38H,2-4,9-10,15H2,1H3,(H,39,40);3-4,7-10,13-16,18,29,36H,2,5-6,11-12,17H2,1H3,(H,37,38). The molecule has 15 aromatic rings. The van der Waals surface area contributed by atoms with Gasteiger partial charge in [-0.1, -0.05) is 114 Å². The molecule has 9 heterocycles. The number of likely N-dealkylation sites (tertiary alicyclic amines) is 3. The van der Waals surface area contributed by atoms with Crippen LogP contribution in [0.5, 0.6) is 40.6 Å². The molecule has 642 valence electrons. The number of carboxylic acid groups (broad SMARTS) is 3. The number of fused-ring (bicyclic) bond motifs is 9. The molecule has 0 bridgehead atoms. The van der Waals surface area contributed by atoms with Crippen LogP contribution in [0.4, 0.5) is 8.78 Å². The second-order valence-corrected chi connectivity index (χ2v) is 33.1. The number of pyridine rings is 3. The maximum atomic E-state index is 14.4. The molecule has 6 N–H and O–H groups in total. The molecule has 6 aromatic heterocycles. The molecule has 125 heavy (non-hydrogen) atoms. The lowest BCUT2D eigenvalue weighted by Crippen LogP contribution is -2.34. The molecule has 9 aromatic carbocycles. The van der Waals surface area contributed by atoms with Crippen molar-refractivity contribution < 1.29 is 86.0 Å². The van der Waals surface area contributed by atoms with Crippen molar-refractivity contribution >= 4 is 130 Å². The monoisotopic (exact) mass is 1770 g/mol. The Bertz CT molecular complexity index is 6610. The van der Waals surface area contributed by atoms with E-state index in [-0.39, 0.29) is 70.1 Å². The number of piperidine rings is 3. The number of aromatic hydroxyl groups is 3. The molecule has 3 unspecified atom stereocenters. The van der Waals surface area contributed by atoms with Crippen molar-refractivity contribution in [2.45, 2.75) is 117 Å². The van der Waals surface area contributed by atoms with Crippen LogP contribution >= 0.6 is 46.4 Å². The number of nitrogens with zero attached hydrogens (tertiary/aromatic N) is 6. The number of carboxylic acids is 3. The predicted molar refractivity (Wildman–Crippen MR) is 475 cm³/mol. The Kier molecular flexibility index (Phi) is 25.7. The van der Waals surface area contributed by atoms with Crippen LogP contribution in [-0.2, 0) is 19.8 Å². The lowest BCUT2D eigenvalue weighted by Gasteiger charge is -2.36. The molecule has 3 aliphatic heterocycles. The average molecular weight is 1770 g/mol. The van der Waals surface area contributed by atoms with E-state index in [1.54, 1.807) is 61.9 Å². The first-order valence-electron chi connectivity index (χ1n) is 41.0. The number of halogens is 6. The highest BCUT2D eigenvalue weighted by molar-refractivity contribution is 6.36. The fourth-order valence-electron chi connectivity index (χ4n) is 17.6. The average Bonchev–Trinajstić information content (AvgIpc) is 1.66. The van der Waals surface area contributed by atoms with Gasteiger partial charge < -0.3 is 62.8 Å². The van der Waals surface area contributed by atoms with Gasteiger partial charge in [-0.25, -0.2) is 38.1 Å². The normalized spacial score (nSPS) is 14.8. The molecule has 3 aliphatic rings. The minimum Gasteiger partial charge on any atom is -0.507 e. The van der Waals surface area contributed by atoms with Crippen molar-refractivity contribution in [3.63, 3.8) is 0 Å². The van der Waals surface area contributed by atoms with E-state index in [0.29, 0.717) is 133 Å². The molecule has 0 radical (unpaired) electrons. The van der Waals surface area contributed by atoms with Crippen molar-refractivity contribution in [2.24, 2.45) is 0 Å². The number of rotatable bonds is 22. The number of hydrogen-bond donors (Lipinski definition) is 6. The second kappa shape index (κ2) is 37.3. The Morgan fingerprint density at radius 1 is 0.424 bits per heavy atom. The number of furan rings is 3. The number of benzene rings is 9. The molecule has 0 saturated carbocycles. The van der Waals surface area contributed by atoms with Gasteiger partial charge in [-0.15, -0.1) is 0 Å². The van der Waals surface area contributed by atoms with Gasteiger partial charge >= 0.3 is 17.9 Å². The van der Waals surface area contributed by atoms with Crippen molar-refractivity contribution in [1.29, 1.82) is 0 Å². The summed E-state index contributed by atoms with van der Waals surface area (Å²) in [7, 11) is 1.47. The number of methoxy groups -OCH3 is 1. The van der Waals surface area contributed by atoms with Gasteiger partial charge in [0.05, 0.1) is 25.2 Å². The fourth-order valence-corrected chi connectivity index (χ4v) is 18.6. The number of carbonyl (C=O) groups is 3. The van der Waals surface area contributed by atoms with Crippen LogP contribution in [0.15, 0.2) is 190 Å². The van der Waals surface area contributed by atoms with E-state index < -0.39 is 47.7 Å². The van der Waals surface area contributed by atoms with Crippen molar-refractivity contribution in [3.05, 3.63) is 292 Å². The molecule has 3 atom stereocenters. The highest BCUT2D eigenvalue weighted by atomic mass is 35.5. The largest absolute Gasteiger partial charge is 0.507 e. The van der Waals surface area contributed by atoms with Crippen molar-refractivity contribution in [2.75, 3.05) is 46.4 Å². The number of ether oxygens (including phenoxy) is 4. The highest BCUT2D eigenvalue weighted by Gasteiger charge is 2.38. The Morgan fingerprint density at radius 3 is 1.18 bits per heavy atom. The van der Waals surface area contributed by atoms with Crippen molar-refractivity contribution in [1.82, 2.24) is 29.7 Å². The first kappa shape index (κ1) is 86.3. The van der Waals surface area contributed by atoms with Crippen molar-refractivity contribution in [3.8, 4) is 40.6 Å². The lowest BCUT2D eigenvalue weighted by atomic mass is 9.88. The summed E-state index contributed by atoms with van der Waals surface area (Å²) in [6.07, 6.45) is 16.4. The summed E-state index contributed by atoms with van der Waals surface area (Å²) in [6, 6.07) is 39.6. The van der Waals surface area contributed by atoms with E-state index in [0.717, 1.165) is 123 Å². The zero-order chi connectivity index (χ0) is 87.6. The summed E-state index contributed by atoms with van der Waals surface area (Å²) in [5.41, 5.74) is 8.51. The van der Waals surface area contributed by atoms with Crippen LogP contribution in [0.2, 0.25) is 20.1 Å². The Hall–Kier alpha value is -12.3. The molecule has 18 rings (SSSR count). The molecule has 0 aliphatic carbocycles. The van der Waals surface area contributed by atoms with Gasteiger partial charge in [-0.2, -0.15) is 0 Å². The maximum Gasteiger partial charge on any atom is 0.339 e. The van der Waals surface area contributed by atoms with Crippen LogP contribution in [0.25, 0.3) is 65.2 Å². The smallest absolute Gasteiger partial charge is 0.339 e. The molecule has 3 fully saturated rings. The summed E-state index contributed by atoms with van der Waals surface area (Å²) >= 11 is 25.3. The SMILES string of the molecule is COc1cc(F)cc(COc2cc(C(c3c(O)c4ccccc4c4occ(C(=O)O)c34)N3CCCCC3)ccn2)c1.Cc1c(Cl)cc(COc2cc(C(c3c(O)c4cc(F)ccc4c4occ(C(=O)O)c34)N3CCCCC3)ccn2)cc1Cl.Cc1oc2c(c1C(=O)O)c(C(c1ccnc(OCc3cc(Cl)c(C)c(Cl)c3)c1)N1CCCCC1)c(O)c1ccccc12. The molecule has 22 nitrogen and oxygen atoms in total. The summed E-state index contributed by atoms with van der Waals surface area (Å²) in [6.45, 7) is 10.3. The number of aromatic nitrogens is 3. The number of hydrogen-bond acceptors (Lipinski definition) is 19. The van der Waals surface area contributed by atoms with Gasteiger partial charge in [0.15, 0.2) is 0 Å². The van der Waals surface area contributed by atoms with Gasteiger partial charge in [0.25, 0.3) is 0 Å². The number of phenols is 3. The summed E-state index contributed by atoms with van der Waals surface area (Å²) in [5, 5.41) is 72.3. The Labute approximate surface area is 736 Å². The van der Waals surface area contributed by atoms with E-state index in [2.05, 4.69) is 29.7 Å². The zero-order valence-corrected chi connectivity index (χ0v) is 71.4. The van der Waals surface area contributed by atoms with Crippen LogP contribution in [-0.4, -0.2) is 125 Å². The van der Waals surface area contributed by atoms with Gasteiger partial charge in [-0.05, 0) is 216 Å². The second-order valence-electron chi connectivity index (χ2n) is 31.4. The molecular weight excluding hydrogens is 1680 g/mol. The van der Waals surface area contributed by atoms with Crippen LogP contribution in [0, 0.1) is 32.4 Å². The molecule has 28 heteroatoms. The molecule has 3 saturated heterocycles. The topological polar surface area (TPSA) is 297 Å². The van der Waals surface area contributed by atoms with Gasteiger partial charge in [0, 0.05) is 128 Å². The summed E-state index contributed by atoms with van der Waals surface area (Å²) < 4.78 is 69.4. The Morgan fingerprint density at radius 2 is 0.792 bits per heavy atom. The van der Waals surface area contributed by atoms with Crippen LogP contribution < -0.4 is 18.9 Å². The van der Waals surface area contributed by atoms with E-state index >= 15 is 0 Å². The van der Waals surface area contributed by atoms with Gasteiger partial charge in [0.2, 0.25) is 17.6 Å². The highest BCUT2D eigenvalue weighted by Crippen LogP contribution is 2.52. The van der Waals surface area contributed by atoms with E-state index in [1.807, 2.05) is 92.7 Å². The molecule has 0 spiro atoms. The Balaban J connectivity index is 0.000000138. The van der Waals surface area contributed by atoms with Gasteiger partial charge in [0.1, 0.15) is 106 Å². The number of aromatic carboxylic acids is 3. The number of phenolic OH excluding ortho intramolecular Hbond substituents is 3. The zero-order valence-electron chi connectivity index (χ0n) is 68.4. The molecular formula is C97H86Cl4F2N6O16. The number of aryl methyl sites for hydroxylation is 1. The van der Waals surface area contributed by atoms with Crippen LogP contribution in [0.3, 0.4) is 0 Å². The minimum atomic E-state index is -1.19. The predicted octanol–water partition coefficient (Wildman–Crippen LogP) is 23.4. The first-order chi connectivity index (χ1) is 60.4. The summed E-state index contributed by atoms with van der Waals surface area (Å²) in [5.74, 6) is -2.82. The third kappa shape index (κ3) is 17.7. The fraction of sp³-hybridized carbons (Fsp3) is 0.258. The third-order valence-electron chi connectivity index (χ3n) is 23.6. The van der Waals surface area contributed by atoms with E-state index in [9.17, 15) is 53.8 Å². The quantitative estimate of drug-likeness (QED) is 0.0367. The lowest BCUT2D eigenvalue weighted by molar-refractivity contribution is 0.0686.